The summed E-state index contributed by atoms with van der Waals surface area (Å²) in [5, 5.41) is 3.16. The molecule has 0 aliphatic carbocycles. The van der Waals surface area contributed by atoms with Crippen molar-refractivity contribution >= 4 is 5.91 Å². The van der Waals surface area contributed by atoms with Gasteiger partial charge in [-0.25, -0.2) is 0 Å². The topological polar surface area (TPSA) is 35.6 Å². The molecule has 0 unspecified atom stereocenters. The van der Waals surface area contributed by atoms with E-state index in [2.05, 4.69) is 5.32 Å². The molecule has 4 nitrogen and oxygen atoms in total. The summed E-state index contributed by atoms with van der Waals surface area (Å²) in [4.78, 5) is 14.2. The molecule has 1 rings (SSSR count). The smallest absolute Gasteiger partial charge is 0.336 e. The first-order valence-electron chi connectivity index (χ1n) is 5.55. The maximum Gasteiger partial charge on any atom is 0.406 e. The van der Waals surface area contributed by atoms with Crippen LogP contribution >= 0.6 is 0 Å². The number of carbonyl (C=O) groups excluding carboxylic acids is 1. The summed E-state index contributed by atoms with van der Waals surface area (Å²) in [7, 11) is 1.18. The zero-order valence-corrected chi connectivity index (χ0v) is 10.0. The molecule has 1 atom stereocenters. The average molecular weight is 253 g/mol. The van der Waals surface area contributed by atoms with Crippen LogP contribution in [0.4, 0.5) is 13.2 Å². The molecular formula is C10H18F3N3O. The van der Waals surface area contributed by atoms with Gasteiger partial charge in [-0.1, -0.05) is 0 Å². The van der Waals surface area contributed by atoms with Crippen molar-refractivity contribution in [3.05, 3.63) is 0 Å². The Morgan fingerprint density at radius 1 is 1.53 bits per heavy atom. The molecule has 0 bridgehead atoms. The van der Waals surface area contributed by atoms with Crippen LogP contribution in [0.2, 0.25) is 0 Å². The summed E-state index contributed by atoms with van der Waals surface area (Å²) in [5.41, 5.74) is 0. The summed E-state index contributed by atoms with van der Waals surface area (Å²) < 4.78 is 36.3. The minimum absolute atomic E-state index is 0.0510. The third-order valence-electron chi connectivity index (χ3n) is 2.82. The van der Waals surface area contributed by atoms with Gasteiger partial charge in [-0.2, -0.15) is 13.2 Å². The van der Waals surface area contributed by atoms with Gasteiger partial charge in [-0.3, -0.25) is 9.69 Å². The molecule has 0 radical (unpaired) electrons. The number of rotatable bonds is 3. The lowest BCUT2D eigenvalue weighted by Gasteiger charge is -2.34. The first kappa shape index (κ1) is 14.2. The number of hydrogen-bond acceptors (Lipinski definition) is 3. The maximum atomic E-state index is 12.1. The van der Waals surface area contributed by atoms with Crippen molar-refractivity contribution < 1.29 is 18.0 Å². The van der Waals surface area contributed by atoms with Crippen molar-refractivity contribution in [3.63, 3.8) is 0 Å². The maximum absolute atomic E-state index is 12.1. The van der Waals surface area contributed by atoms with Crippen LogP contribution in [0.1, 0.15) is 6.92 Å². The first-order valence-corrected chi connectivity index (χ1v) is 5.55. The Labute approximate surface area is 98.7 Å². The van der Waals surface area contributed by atoms with E-state index < -0.39 is 18.6 Å². The molecular weight excluding hydrogens is 235 g/mol. The van der Waals surface area contributed by atoms with Crippen LogP contribution in [-0.2, 0) is 4.79 Å². The molecule has 0 aromatic rings. The number of piperazine rings is 1. The number of alkyl halides is 3. The fourth-order valence-electron chi connectivity index (χ4n) is 1.77. The SMILES string of the molecule is C[C@H]1CNCCN1CC(=O)N(C)CC(F)(F)F. The molecule has 1 aliphatic rings. The van der Waals surface area contributed by atoms with E-state index in [-0.39, 0.29) is 12.6 Å². The van der Waals surface area contributed by atoms with Crippen molar-refractivity contribution in [1.82, 2.24) is 15.1 Å². The normalized spacial score (nSPS) is 22.5. The second kappa shape index (κ2) is 5.68. The van der Waals surface area contributed by atoms with Crippen molar-refractivity contribution in [1.29, 1.82) is 0 Å². The van der Waals surface area contributed by atoms with Crippen LogP contribution in [0.5, 0.6) is 0 Å². The molecule has 100 valence electrons. The summed E-state index contributed by atoms with van der Waals surface area (Å²) in [6.07, 6.45) is -4.33. The number of likely N-dealkylation sites (N-methyl/N-ethyl adjacent to an activating group) is 1. The van der Waals surface area contributed by atoms with Gasteiger partial charge in [0, 0.05) is 32.7 Å². The molecule has 1 amide bonds. The Bertz CT molecular complexity index is 270. The Hall–Kier alpha value is -0.820. The van der Waals surface area contributed by atoms with E-state index in [9.17, 15) is 18.0 Å². The molecule has 0 saturated carbocycles. The van der Waals surface area contributed by atoms with Crippen LogP contribution in [0.25, 0.3) is 0 Å². The van der Waals surface area contributed by atoms with Crippen LogP contribution in [0, 0.1) is 0 Å². The van der Waals surface area contributed by atoms with E-state index in [1.807, 2.05) is 11.8 Å². The lowest BCUT2D eigenvalue weighted by Crippen LogP contribution is -2.53. The van der Waals surface area contributed by atoms with Gasteiger partial charge in [-0.15, -0.1) is 0 Å². The lowest BCUT2D eigenvalue weighted by atomic mass is 10.2. The lowest BCUT2D eigenvalue weighted by molar-refractivity contribution is -0.159. The number of carbonyl (C=O) groups is 1. The third-order valence-corrected chi connectivity index (χ3v) is 2.82. The van der Waals surface area contributed by atoms with E-state index in [0.29, 0.717) is 6.54 Å². The summed E-state index contributed by atoms with van der Waals surface area (Å²) in [6.45, 7) is 3.02. The summed E-state index contributed by atoms with van der Waals surface area (Å²) >= 11 is 0. The predicted molar refractivity (Wildman–Crippen MR) is 57.6 cm³/mol. The fourth-order valence-corrected chi connectivity index (χ4v) is 1.77. The molecule has 1 aliphatic heterocycles. The highest BCUT2D eigenvalue weighted by molar-refractivity contribution is 5.78. The van der Waals surface area contributed by atoms with Crippen LogP contribution in [0.15, 0.2) is 0 Å². The molecule has 17 heavy (non-hydrogen) atoms. The second-order valence-corrected chi connectivity index (χ2v) is 4.39. The standard InChI is InChI=1S/C10H18F3N3O/c1-8-5-14-3-4-16(8)6-9(17)15(2)7-10(11,12)13/h8,14H,3-7H2,1-2H3/t8-/m0/s1. The number of halogens is 3. The third kappa shape index (κ3) is 4.91. The van der Waals surface area contributed by atoms with Gasteiger partial charge in [0.15, 0.2) is 0 Å². The largest absolute Gasteiger partial charge is 0.406 e. The number of amides is 1. The molecule has 1 N–H and O–H groups in total. The van der Waals surface area contributed by atoms with Crippen molar-refractivity contribution in [3.8, 4) is 0 Å². The average Bonchev–Trinajstić information content (AvgIpc) is 2.18. The van der Waals surface area contributed by atoms with Crippen LogP contribution in [0.3, 0.4) is 0 Å². The molecule has 1 saturated heterocycles. The van der Waals surface area contributed by atoms with Crippen molar-refractivity contribution in [2.45, 2.75) is 19.1 Å². The van der Waals surface area contributed by atoms with Gasteiger partial charge in [-0.05, 0) is 6.92 Å². The second-order valence-electron chi connectivity index (χ2n) is 4.39. The highest BCUT2D eigenvalue weighted by atomic mass is 19.4. The van der Waals surface area contributed by atoms with Crippen molar-refractivity contribution in [2.75, 3.05) is 39.8 Å². The van der Waals surface area contributed by atoms with Crippen LogP contribution in [-0.4, -0.2) is 67.7 Å². The summed E-state index contributed by atoms with van der Waals surface area (Å²) in [5.74, 6) is -0.490. The number of nitrogens with one attached hydrogen (secondary N) is 1. The first-order chi connectivity index (χ1) is 7.79. The minimum Gasteiger partial charge on any atom is -0.336 e. The van der Waals surface area contributed by atoms with E-state index >= 15 is 0 Å². The van der Waals surface area contributed by atoms with Gasteiger partial charge in [0.2, 0.25) is 5.91 Å². The molecule has 1 fully saturated rings. The van der Waals surface area contributed by atoms with Gasteiger partial charge >= 0.3 is 6.18 Å². The van der Waals surface area contributed by atoms with E-state index in [1.165, 1.54) is 7.05 Å². The Balaban J connectivity index is 2.42. The zero-order valence-electron chi connectivity index (χ0n) is 10.0. The highest BCUT2D eigenvalue weighted by Crippen LogP contribution is 2.15. The Morgan fingerprint density at radius 3 is 2.71 bits per heavy atom. The zero-order chi connectivity index (χ0) is 13.1. The number of nitrogens with zero attached hydrogens (tertiary/aromatic N) is 2. The Kier molecular flexibility index (Phi) is 4.76. The summed E-state index contributed by atoms with van der Waals surface area (Å²) in [6, 6.07) is 0.173. The molecule has 7 heteroatoms. The quantitative estimate of drug-likeness (QED) is 0.786. The van der Waals surface area contributed by atoms with Crippen LogP contribution < -0.4 is 5.32 Å². The monoisotopic (exact) mass is 253 g/mol. The van der Waals surface area contributed by atoms with E-state index in [1.54, 1.807) is 0 Å². The van der Waals surface area contributed by atoms with Gasteiger partial charge in [0.05, 0.1) is 6.54 Å². The molecule has 0 aromatic carbocycles. The van der Waals surface area contributed by atoms with E-state index in [0.717, 1.165) is 18.0 Å². The van der Waals surface area contributed by atoms with Crippen molar-refractivity contribution in [2.24, 2.45) is 0 Å². The minimum atomic E-state index is -4.33. The van der Waals surface area contributed by atoms with Gasteiger partial charge < -0.3 is 10.2 Å². The number of hydrogen-bond donors (Lipinski definition) is 1. The highest BCUT2D eigenvalue weighted by Gasteiger charge is 2.32. The predicted octanol–water partition coefficient (Wildman–Crippen LogP) is 0.301. The van der Waals surface area contributed by atoms with E-state index in [4.69, 9.17) is 0 Å². The fraction of sp³-hybridized carbons (Fsp3) is 0.900. The Morgan fingerprint density at radius 2 is 2.18 bits per heavy atom. The molecule has 0 aromatic heterocycles. The molecule has 1 heterocycles. The van der Waals surface area contributed by atoms with Gasteiger partial charge in [0.25, 0.3) is 0 Å². The molecule has 0 spiro atoms. The van der Waals surface area contributed by atoms with Gasteiger partial charge in [0.1, 0.15) is 6.54 Å².